The number of anilines is 1. The molecule has 27 heavy (non-hydrogen) atoms. The van der Waals surface area contributed by atoms with Crippen molar-refractivity contribution in [1.29, 1.82) is 0 Å². The lowest BCUT2D eigenvalue weighted by Crippen LogP contribution is -2.45. The van der Waals surface area contributed by atoms with E-state index in [0.717, 1.165) is 31.9 Å². The van der Waals surface area contributed by atoms with Gasteiger partial charge >= 0.3 is 0 Å². The van der Waals surface area contributed by atoms with Crippen LogP contribution in [-0.4, -0.2) is 77.0 Å². The summed E-state index contributed by atoms with van der Waals surface area (Å²) in [5.74, 6) is 0.627. The van der Waals surface area contributed by atoms with Gasteiger partial charge in [-0.2, -0.15) is 0 Å². The number of piperazine rings is 1. The zero-order chi connectivity index (χ0) is 18.8. The fourth-order valence-corrected chi connectivity index (χ4v) is 3.64. The lowest BCUT2D eigenvalue weighted by Gasteiger charge is -2.32. The third-order valence-electron chi connectivity index (χ3n) is 5.36. The number of pyridine rings is 1. The number of rotatable bonds is 2. The van der Waals surface area contributed by atoms with Crippen LogP contribution in [0.25, 0.3) is 0 Å². The Morgan fingerprint density at radius 2 is 1.74 bits per heavy atom. The second kappa shape index (κ2) is 7.48. The van der Waals surface area contributed by atoms with E-state index in [2.05, 4.69) is 26.8 Å². The fraction of sp³-hybridized carbons (Fsp3) is 0.474. The number of likely N-dealkylation sites (N-methyl/N-ethyl adjacent to an activating group) is 1. The van der Waals surface area contributed by atoms with Gasteiger partial charge in [0.05, 0.1) is 5.69 Å². The Bertz CT molecular complexity index is 874. The molecule has 0 atom stereocenters. The van der Waals surface area contributed by atoms with Crippen LogP contribution in [0.5, 0.6) is 0 Å². The van der Waals surface area contributed by atoms with Gasteiger partial charge in [0.25, 0.3) is 11.5 Å². The van der Waals surface area contributed by atoms with E-state index in [0.29, 0.717) is 43.0 Å². The molecular formula is C19H24N6O2. The molecule has 1 saturated heterocycles. The van der Waals surface area contributed by atoms with Gasteiger partial charge in [-0.15, -0.1) is 0 Å². The summed E-state index contributed by atoms with van der Waals surface area (Å²) in [7, 11) is 2.10. The Hall–Kier alpha value is -2.74. The molecule has 2 aromatic heterocycles. The van der Waals surface area contributed by atoms with Crippen LogP contribution < -0.4 is 10.5 Å². The van der Waals surface area contributed by atoms with Crippen molar-refractivity contribution in [1.82, 2.24) is 24.8 Å². The molecule has 1 N–H and O–H groups in total. The molecule has 4 heterocycles. The van der Waals surface area contributed by atoms with E-state index >= 15 is 0 Å². The first-order valence-corrected chi connectivity index (χ1v) is 9.36. The van der Waals surface area contributed by atoms with Crippen molar-refractivity contribution in [2.45, 2.75) is 12.8 Å². The Morgan fingerprint density at radius 3 is 2.48 bits per heavy atom. The van der Waals surface area contributed by atoms with Crippen molar-refractivity contribution in [3.63, 3.8) is 0 Å². The highest BCUT2D eigenvalue weighted by Crippen LogP contribution is 2.16. The molecule has 0 saturated carbocycles. The molecule has 0 bridgehead atoms. The van der Waals surface area contributed by atoms with E-state index in [4.69, 9.17) is 4.98 Å². The first-order valence-electron chi connectivity index (χ1n) is 9.36. The average molecular weight is 368 g/mol. The lowest BCUT2D eigenvalue weighted by atomic mass is 10.1. The average Bonchev–Trinajstić information content (AvgIpc) is 2.92. The van der Waals surface area contributed by atoms with Crippen LogP contribution in [-0.2, 0) is 12.8 Å². The van der Waals surface area contributed by atoms with Crippen LogP contribution in [0, 0.1) is 0 Å². The quantitative estimate of drug-likeness (QED) is 0.813. The molecule has 2 aliphatic rings. The molecule has 0 aromatic carbocycles. The van der Waals surface area contributed by atoms with Crippen molar-refractivity contribution in [2.24, 2.45) is 0 Å². The van der Waals surface area contributed by atoms with Gasteiger partial charge < -0.3 is 14.7 Å². The topological polar surface area (TPSA) is 85.4 Å². The Morgan fingerprint density at radius 1 is 1.04 bits per heavy atom. The standard InChI is InChI=1S/C19H24N6O2/c1-23-10-12-25(13-11-23)19-21-16-5-9-24(8-4-15(16)17(26)22-19)18(27)14-2-6-20-7-3-14/h2-3,6-7H,4-5,8-13H2,1H3,(H,21,22,26). The molecular weight excluding hydrogens is 344 g/mol. The molecule has 0 spiro atoms. The summed E-state index contributed by atoms with van der Waals surface area (Å²) in [4.78, 5) is 43.2. The molecule has 4 rings (SSSR count). The highest BCUT2D eigenvalue weighted by atomic mass is 16.2. The predicted molar refractivity (Wildman–Crippen MR) is 102 cm³/mol. The van der Waals surface area contributed by atoms with Crippen molar-refractivity contribution in [3.05, 3.63) is 51.7 Å². The van der Waals surface area contributed by atoms with Crippen LogP contribution >= 0.6 is 0 Å². The molecule has 1 fully saturated rings. The minimum Gasteiger partial charge on any atom is -0.340 e. The molecule has 0 unspecified atom stereocenters. The molecule has 8 nitrogen and oxygen atoms in total. The molecule has 2 aromatic rings. The molecule has 0 aliphatic carbocycles. The van der Waals surface area contributed by atoms with E-state index in [1.807, 2.05) is 0 Å². The van der Waals surface area contributed by atoms with Crippen LogP contribution in [0.15, 0.2) is 29.3 Å². The number of fused-ring (bicyclic) bond motifs is 1. The van der Waals surface area contributed by atoms with Crippen LogP contribution in [0.3, 0.4) is 0 Å². The number of hydrogen-bond acceptors (Lipinski definition) is 6. The van der Waals surface area contributed by atoms with Gasteiger partial charge in [-0.25, -0.2) is 4.98 Å². The second-order valence-electron chi connectivity index (χ2n) is 7.13. The van der Waals surface area contributed by atoms with Crippen molar-refractivity contribution in [2.75, 3.05) is 51.2 Å². The van der Waals surface area contributed by atoms with Gasteiger partial charge in [0.1, 0.15) is 0 Å². The fourth-order valence-electron chi connectivity index (χ4n) is 3.64. The molecule has 0 radical (unpaired) electrons. The Labute approximate surface area is 157 Å². The van der Waals surface area contributed by atoms with Crippen LogP contribution in [0.2, 0.25) is 0 Å². The minimum atomic E-state index is -0.0767. The third-order valence-corrected chi connectivity index (χ3v) is 5.36. The molecule has 2 aliphatic heterocycles. The maximum Gasteiger partial charge on any atom is 0.255 e. The first-order chi connectivity index (χ1) is 13.1. The first kappa shape index (κ1) is 17.7. The van der Waals surface area contributed by atoms with E-state index in [-0.39, 0.29) is 11.5 Å². The van der Waals surface area contributed by atoms with E-state index in [9.17, 15) is 9.59 Å². The Balaban J connectivity index is 1.53. The normalized spacial score (nSPS) is 18.1. The Kier molecular flexibility index (Phi) is 4.89. The van der Waals surface area contributed by atoms with Crippen molar-refractivity contribution >= 4 is 11.9 Å². The largest absolute Gasteiger partial charge is 0.340 e. The minimum absolute atomic E-state index is 0.0269. The highest BCUT2D eigenvalue weighted by Gasteiger charge is 2.24. The number of aromatic nitrogens is 3. The zero-order valence-electron chi connectivity index (χ0n) is 15.5. The van der Waals surface area contributed by atoms with Crippen LogP contribution in [0.1, 0.15) is 21.6 Å². The summed E-state index contributed by atoms with van der Waals surface area (Å²) in [5.41, 5.74) is 2.07. The third kappa shape index (κ3) is 3.71. The number of nitrogens with zero attached hydrogens (tertiary/aromatic N) is 5. The van der Waals surface area contributed by atoms with Gasteiger partial charge in [0.15, 0.2) is 0 Å². The smallest absolute Gasteiger partial charge is 0.255 e. The lowest BCUT2D eigenvalue weighted by molar-refractivity contribution is 0.0762. The number of amides is 1. The van der Waals surface area contributed by atoms with E-state index in [1.165, 1.54) is 0 Å². The van der Waals surface area contributed by atoms with Crippen LogP contribution in [0.4, 0.5) is 5.95 Å². The van der Waals surface area contributed by atoms with Gasteiger partial charge in [0, 0.05) is 69.2 Å². The maximum atomic E-state index is 12.7. The number of hydrogen-bond donors (Lipinski definition) is 1. The SMILES string of the molecule is CN1CCN(c2nc3c(c(=O)[nH]2)CCN(C(=O)c2ccncc2)CC3)CC1. The zero-order valence-corrected chi connectivity index (χ0v) is 15.5. The summed E-state index contributed by atoms with van der Waals surface area (Å²) >= 11 is 0. The van der Waals surface area contributed by atoms with E-state index < -0.39 is 0 Å². The van der Waals surface area contributed by atoms with Gasteiger partial charge in [-0.05, 0) is 25.6 Å². The number of H-pyrrole nitrogens is 1. The van der Waals surface area contributed by atoms with Crippen molar-refractivity contribution < 1.29 is 4.79 Å². The van der Waals surface area contributed by atoms with Crippen molar-refractivity contribution in [3.8, 4) is 0 Å². The monoisotopic (exact) mass is 368 g/mol. The molecule has 142 valence electrons. The second-order valence-corrected chi connectivity index (χ2v) is 7.13. The molecule has 1 amide bonds. The number of carbonyl (C=O) groups is 1. The molecule has 8 heteroatoms. The summed E-state index contributed by atoms with van der Waals surface area (Å²) < 4.78 is 0. The predicted octanol–water partition coefficient (Wildman–Crippen LogP) is 0.158. The summed E-state index contributed by atoms with van der Waals surface area (Å²) in [6.07, 6.45) is 4.36. The maximum absolute atomic E-state index is 12.7. The number of aromatic amines is 1. The van der Waals surface area contributed by atoms with Gasteiger partial charge in [-0.1, -0.05) is 0 Å². The van der Waals surface area contributed by atoms with E-state index in [1.54, 1.807) is 29.4 Å². The summed E-state index contributed by atoms with van der Waals surface area (Å²) in [6.45, 7) is 4.69. The number of nitrogens with one attached hydrogen (secondary N) is 1. The van der Waals surface area contributed by atoms with Gasteiger partial charge in [-0.3, -0.25) is 19.6 Å². The summed E-state index contributed by atoms with van der Waals surface area (Å²) in [5, 5.41) is 0. The van der Waals surface area contributed by atoms with Gasteiger partial charge in [0.2, 0.25) is 5.95 Å². The highest BCUT2D eigenvalue weighted by molar-refractivity contribution is 5.94. The summed E-state index contributed by atoms with van der Waals surface area (Å²) in [6, 6.07) is 3.44. The number of carbonyl (C=O) groups excluding carboxylic acids is 1.